The number of rotatable bonds is 5. The van der Waals surface area contributed by atoms with Crippen molar-refractivity contribution in [2.45, 2.75) is 12.5 Å². The first-order valence-corrected chi connectivity index (χ1v) is 10.0. The number of hydrogen-bond acceptors (Lipinski definition) is 4. The van der Waals surface area contributed by atoms with Crippen LogP contribution < -0.4 is 10.1 Å². The van der Waals surface area contributed by atoms with E-state index in [1.807, 2.05) is 24.3 Å². The molecular weight excluding hydrogens is 434 g/mol. The first kappa shape index (κ1) is 19.3. The van der Waals surface area contributed by atoms with E-state index in [2.05, 4.69) is 45.5 Å². The van der Waals surface area contributed by atoms with Crippen molar-refractivity contribution in [3.63, 3.8) is 0 Å². The number of methoxy groups -OCH3 is 1. The molecular formula is C23H20BrNO4. The van der Waals surface area contributed by atoms with Crippen molar-refractivity contribution in [1.29, 1.82) is 0 Å². The first-order chi connectivity index (χ1) is 14.1. The third kappa shape index (κ3) is 3.80. The van der Waals surface area contributed by atoms with Gasteiger partial charge in [0.1, 0.15) is 6.61 Å². The number of fused-ring (bicyclic) bond motifs is 3. The van der Waals surface area contributed by atoms with E-state index in [0.29, 0.717) is 10.2 Å². The molecule has 0 spiro atoms. The molecule has 29 heavy (non-hydrogen) atoms. The number of amides is 1. The zero-order valence-electron chi connectivity index (χ0n) is 15.8. The molecule has 0 unspecified atom stereocenters. The molecule has 3 aromatic rings. The van der Waals surface area contributed by atoms with Crippen LogP contribution in [0.25, 0.3) is 11.1 Å². The standard InChI is InChI=1S/C23H20BrNO4/c1-28-22-10-14(20(24)11-21(22)26)12-25-23(27)29-13-19-17-8-4-2-6-15(17)16-7-3-5-9-18(16)19/h2-11,19,26H,12-13H2,1H3,(H,25,27). The first-order valence-electron chi connectivity index (χ1n) is 9.22. The summed E-state index contributed by atoms with van der Waals surface area (Å²) in [4.78, 5) is 12.3. The Hall–Kier alpha value is -2.99. The van der Waals surface area contributed by atoms with Gasteiger partial charge in [0.25, 0.3) is 0 Å². The van der Waals surface area contributed by atoms with Gasteiger partial charge in [-0.25, -0.2) is 4.79 Å². The Morgan fingerprint density at radius 2 is 1.69 bits per heavy atom. The summed E-state index contributed by atoms with van der Waals surface area (Å²) in [5, 5.41) is 12.5. The smallest absolute Gasteiger partial charge is 0.407 e. The fourth-order valence-corrected chi connectivity index (χ4v) is 4.17. The number of benzene rings is 3. The second-order valence-electron chi connectivity index (χ2n) is 6.79. The predicted octanol–water partition coefficient (Wildman–Crippen LogP) is 5.20. The van der Waals surface area contributed by atoms with E-state index in [9.17, 15) is 9.90 Å². The predicted molar refractivity (Wildman–Crippen MR) is 114 cm³/mol. The van der Waals surface area contributed by atoms with Gasteiger partial charge in [0.05, 0.1) is 7.11 Å². The number of carbonyl (C=O) groups is 1. The minimum atomic E-state index is -0.495. The van der Waals surface area contributed by atoms with Crippen LogP contribution in [0.1, 0.15) is 22.6 Å². The Balaban J connectivity index is 1.42. The average molecular weight is 454 g/mol. The molecule has 1 aliphatic carbocycles. The van der Waals surface area contributed by atoms with Crippen molar-refractivity contribution in [3.05, 3.63) is 81.8 Å². The Kier molecular flexibility index (Phi) is 5.45. The highest BCUT2D eigenvalue weighted by Gasteiger charge is 2.28. The number of phenols is 1. The summed E-state index contributed by atoms with van der Waals surface area (Å²) in [7, 11) is 1.48. The second kappa shape index (κ2) is 8.17. The maximum atomic E-state index is 12.3. The maximum Gasteiger partial charge on any atom is 0.407 e. The fraction of sp³-hybridized carbons (Fsp3) is 0.174. The Labute approximate surface area is 177 Å². The van der Waals surface area contributed by atoms with Crippen LogP contribution in [-0.4, -0.2) is 24.9 Å². The highest BCUT2D eigenvalue weighted by molar-refractivity contribution is 9.10. The number of aromatic hydroxyl groups is 1. The van der Waals surface area contributed by atoms with Gasteiger partial charge in [0.2, 0.25) is 0 Å². The number of halogens is 1. The second-order valence-corrected chi connectivity index (χ2v) is 7.65. The van der Waals surface area contributed by atoms with Gasteiger partial charge in [0, 0.05) is 16.9 Å². The molecule has 3 aromatic carbocycles. The quantitative estimate of drug-likeness (QED) is 0.556. The van der Waals surface area contributed by atoms with Crippen molar-refractivity contribution in [3.8, 4) is 22.6 Å². The van der Waals surface area contributed by atoms with Crippen molar-refractivity contribution < 1.29 is 19.4 Å². The molecule has 0 heterocycles. The lowest BCUT2D eigenvalue weighted by Crippen LogP contribution is -2.25. The van der Waals surface area contributed by atoms with Crippen molar-refractivity contribution in [2.24, 2.45) is 0 Å². The van der Waals surface area contributed by atoms with Gasteiger partial charge in [-0.15, -0.1) is 0 Å². The number of phenolic OH excluding ortho intramolecular Hbond substituents is 1. The van der Waals surface area contributed by atoms with E-state index in [1.54, 1.807) is 6.07 Å². The minimum absolute atomic E-state index is 0.0219. The Bertz CT molecular complexity index is 1020. The molecule has 1 aliphatic rings. The summed E-state index contributed by atoms with van der Waals surface area (Å²) in [6.07, 6.45) is -0.495. The fourth-order valence-electron chi connectivity index (χ4n) is 3.70. The van der Waals surface area contributed by atoms with E-state index in [-0.39, 0.29) is 24.8 Å². The highest BCUT2D eigenvalue weighted by Crippen LogP contribution is 2.44. The maximum absolute atomic E-state index is 12.3. The molecule has 4 rings (SSSR count). The van der Waals surface area contributed by atoms with E-state index in [0.717, 1.165) is 5.56 Å². The molecule has 0 aliphatic heterocycles. The summed E-state index contributed by atoms with van der Waals surface area (Å²) in [5.41, 5.74) is 5.50. The molecule has 0 radical (unpaired) electrons. The average Bonchev–Trinajstić information content (AvgIpc) is 3.05. The monoisotopic (exact) mass is 453 g/mol. The van der Waals surface area contributed by atoms with Crippen LogP contribution in [-0.2, 0) is 11.3 Å². The largest absolute Gasteiger partial charge is 0.504 e. The molecule has 0 fully saturated rings. The lowest BCUT2D eigenvalue weighted by molar-refractivity contribution is 0.142. The summed E-state index contributed by atoms with van der Waals surface area (Å²) in [5.74, 6) is 0.399. The van der Waals surface area contributed by atoms with Crippen molar-refractivity contribution in [2.75, 3.05) is 13.7 Å². The van der Waals surface area contributed by atoms with Gasteiger partial charge in [-0.3, -0.25) is 0 Å². The van der Waals surface area contributed by atoms with Crippen LogP contribution in [0.4, 0.5) is 4.79 Å². The molecule has 0 aromatic heterocycles. The number of carbonyl (C=O) groups excluding carboxylic acids is 1. The molecule has 6 heteroatoms. The molecule has 0 saturated heterocycles. The lowest BCUT2D eigenvalue weighted by atomic mass is 9.98. The zero-order chi connectivity index (χ0) is 20.4. The van der Waals surface area contributed by atoms with Crippen LogP contribution in [0.3, 0.4) is 0 Å². The van der Waals surface area contributed by atoms with E-state index in [4.69, 9.17) is 9.47 Å². The number of ether oxygens (including phenoxy) is 2. The molecule has 0 bridgehead atoms. The SMILES string of the molecule is COc1cc(CNC(=O)OCC2c3ccccc3-c3ccccc32)c(Br)cc1O. The summed E-state index contributed by atoms with van der Waals surface area (Å²) in [6.45, 7) is 0.508. The van der Waals surface area contributed by atoms with E-state index >= 15 is 0 Å². The molecule has 2 N–H and O–H groups in total. The molecule has 1 amide bonds. The molecule has 148 valence electrons. The van der Waals surface area contributed by atoms with Crippen LogP contribution in [0, 0.1) is 0 Å². The molecule has 0 atom stereocenters. The normalized spacial score (nSPS) is 12.2. The topological polar surface area (TPSA) is 67.8 Å². The van der Waals surface area contributed by atoms with Crippen LogP contribution in [0.2, 0.25) is 0 Å². The lowest BCUT2D eigenvalue weighted by Gasteiger charge is -2.15. The van der Waals surface area contributed by atoms with Gasteiger partial charge in [-0.05, 0) is 39.9 Å². The van der Waals surface area contributed by atoms with Gasteiger partial charge in [-0.1, -0.05) is 64.5 Å². The van der Waals surface area contributed by atoms with Gasteiger partial charge >= 0.3 is 6.09 Å². The third-order valence-electron chi connectivity index (χ3n) is 5.11. The minimum Gasteiger partial charge on any atom is -0.504 e. The zero-order valence-corrected chi connectivity index (χ0v) is 17.4. The molecule has 0 saturated carbocycles. The third-order valence-corrected chi connectivity index (χ3v) is 5.85. The van der Waals surface area contributed by atoms with E-state index in [1.165, 1.54) is 35.4 Å². The van der Waals surface area contributed by atoms with Crippen LogP contribution >= 0.6 is 15.9 Å². The summed E-state index contributed by atoms with van der Waals surface area (Å²) >= 11 is 3.38. The van der Waals surface area contributed by atoms with Gasteiger partial charge < -0.3 is 19.9 Å². The van der Waals surface area contributed by atoms with Crippen molar-refractivity contribution in [1.82, 2.24) is 5.32 Å². The van der Waals surface area contributed by atoms with Crippen molar-refractivity contribution >= 4 is 22.0 Å². The van der Waals surface area contributed by atoms with Gasteiger partial charge in [-0.2, -0.15) is 0 Å². The molecule has 5 nitrogen and oxygen atoms in total. The highest BCUT2D eigenvalue weighted by atomic mass is 79.9. The van der Waals surface area contributed by atoms with Gasteiger partial charge in [0.15, 0.2) is 11.5 Å². The van der Waals surface area contributed by atoms with Crippen LogP contribution in [0.5, 0.6) is 11.5 Å². The number of hydrogen-bond donors (Lipinski definition) is 2. The number of nitrogens with one attached hydrogen (secondary N) is 1. The summed E-state index contributed by atoms with van der Waals surface area (Å²) in [6, 6.07) is 19.6. The Morgan fingerprint density at radius 1 is 1.07 bits per heavy atom. The van der Waals surface area contributed by atoms with Crippen LogP contribution in [0.15, 0.2) is 65.1 Å². The number of alkyl carbamates (subject to hydrolysis) is 1. The summed E-state index contributed by atoms with van der Waals surface area (Å²) < 4.78 is 11.3. The Morgan fingerprint density at radius 3 is 2.31 bits per heavy atom. The van der Waals surface area contributed by atoms with E-state index < -0.39 is 6.09 Å².